The topological polar surface area (TPSA) is 38.7 Å². The zero-order chi connectivity index (χ0) is 13.1. The SMILES string of the molecule is OC(C1CCCCCC1)C1COc2ccccc2O1. The summed E-state index contributed by atoms with van der Waals surface area (Å²) in [4.78, 5) is 0. The number of rotatable bonds is 2. The maximum atomic E-state index is 10.5. The van der Waals surface area contributed by atoms with E-state index in [-0.39, 0.29) is 6.10 Å². The fraction of sp³-hybridized carbons (Fsp3) is 0.625. The molecule has 2 atom stereocenters. The molecule has 0 aromatic heterocycles. The Morgan fingerprint density at radius 3 is 2.42 bits per heavy atom. The molecule has 2 aliphatic rings. The summed E-state index contributed by atoms with van der Waals surface area (Å²) in [6, 6.07) is 7.68. The monoisotopic (exact) mass is 262 g/mol. The lowest BCUT2D eigenvalue weighted by atomic mass is 9.90. The molecule has 0 saturated heterocycles. The maximum Gasteiger partial charge on any atom is 0.161 e. The second-order valence-corrected chi connectivity index (χ2v) is 5.66. The van der Waals surface area contributed by atoms with Crippen LogP contribution in [0.4, 0.5) is 0 Å². The fourth-order valence-corrected chi connectivity index (χ4v) is 3.16. The second-order valence-electron chi connectivity index (χ2n) is 5.66. The van der Waals surface area contributed by atoms with Crippen molar-refractivity contribution in [3.05, 3.63) is 24.3 Å². The molecule has 1 saturated carbocycles. The molecule has 0 radical (unpaired) electrons. The van der Waals surface area contributed by atoms with Gasteiger partial charge in [0.05, 0.1) is 6.10 Å². The molecule has 1 fully saturated rings. The number of hydrogen-bond acceptors (Lipinski definition) is 3. The highest BCUT2D eigenvalue weighted by molar-refractivity contribution is 5.40. The molecule has 1 heterocycles. The molecule has 1 aliphatic carbocycles. The number of hydrogen-bond donors (Lipinski definition) is 1. The van der Waals surface area contributed by atoms with E-state index in [4.69, 9.17) is 9.47 Å². The normalized spacial score (nSPS) is 25.6. The van der Waals surface area contributed by atoms with Crippen LogP contribution in [0.3, 0.4) is 0 Å². The van der Waals surface area contributed by atoms with Crippen molar-refractivity contribution in [2.45, 2.75) is 50.7 Å². The number of para-hydroxylation sites is 2. The predicted octanol–water partition coefficient (Wildman–Crippen LogP) is 3.16. The van der Waals surface area contributed by atoms with Crippen molar-refractivity contribution in [3.8, 4) is 11.5 Å². The molecule has 1 aromatic carbocycles. The molecule has 0 spiro atoms. The van der Waals surface area contributed by atoms with Crippen molar-refractivity contribution in [1.29, 1.82) is 0 Å². The quantitative estimate of drug-likeness (QED) is 0.832. The Balaban J connectivity index is 1.66. The molecule has 0 bridgehead atoms. The van der Waals surface area contributed by atoms with E-state index < -0.39 is 6.10 Å². The fourth-order valence-electron chi connectivity index (χ4n) is 3.16. The summed E-state index contributed by atoms with van der Waals surface area (Å²) in [5.41, 5.74) is 0. The minimum atomic E-state index is -0.411. The molecule has 3 nitrogen and oxygen atoms in total. The first-order chi connectivity index (χ1) is 9.34. The third-order valence-electron chi connectivity index (χ3n) is 4.29. The molecule has 1 N–H and O–H groups in total. The van der Waals surface area contributed by atoms with Crippen LogP contribution >= 0.6 is 0 Å². The zero-order valence-corrected chi connectivity index (χ0v) is 11.3. The minimum absolute atomic E-state index is 0.224. The van der Waals surface area contributed by atoms with Crippen LogP contribution in [0.1, 0.15) is 38.5 Å². The van der Waals surface area contributed by atoms with Gasteiger partial charge in [-0.25, -0.2) is 0 Å². The van der Waals surface area contributed by atoms with Crippen LogP contribution in [0.25, 0.3) is 0 Å². The summed E-state index contributed by atoms with van der Waals surface area (Å²) in [6.45, 7) is 0.453. The van der Waals surface area contributed by atoms with Gasteiger partial charge in [0.1, 0.15) is 6.61 Å². The summed E-state index contributed by atoms with van der Waals surface area (Å²) in [5.74, 6) is 1.90. The number of benzene rings is 1. The van der Waals surface area contributed by atoms with E-state index >= 15 is 0 Å². The lowest BCUT2D eigenvalue weighted by molar-refractivity contribution is -0.0416. The molecule has 0 amide bonds. The van der Waals surface area contributed by atoms with E-state index in [0.29, 0.717) is 12.5 Å². The Hall–Kier alpha value is -1.22. The first kappa shape index (κ1) is 12.8. The summed E-state index contributed by atoms with van der Waals surface area (Å²) in [6.07, 6.45) is 6.65. The zero-order valence-electron chi connectivity index (χ0n) is 11.3. The average Bonchev–Trinajstić information content (AvgIpc) is 2.75. The van der Waals surface area contributed by atoms with Gasteiger partial charge in [-0.3, -0.25) is 0 Å². The lowest BCUT2D eigenvalue weighted by Crippen LogP contribution is -2.43. The van der Waals surface area contributed by atoms with Crippen molar-refractivity contribution >= 4 is 0 Å². The van der Waals surface area contributed by atoms with Gasteiger partial charge in [-0.05, 0) is 30.9 Å². The van der Waals surface area contributed by atoms with Crippen LogP contribution < -0.4 is 9.47 Å². The van der Waals surface area contributed by atoms with Gasteiger partial charge in [0.15, 0.2) is 17.6 Å². The van der Waals surface area contributed by atoms with Gasteiger partial charge in [-0.15, -0.1) is 0 Å². The molecule has 3 rings (SSSR count). The molecule has 1 aliphatic heterocycles. The molecular weight excluding hydrogens is 240 g/mol. The van der Waals surface area contributed by atoms with Crippen LogP contribution in [-0.2, 0) is 0 Å². The van der Waals surface area contributed by atoms with Crippen molar-refractivity contribution in [3.63, 3.8) is 0 Å². The Kier molecular flexibility index (Phi) is 3.92. The smallest absolute Gasteiger partial charge is 0.161 e. The summed E-state index contributed by atoms with van der Waals surface area (Å²) < 4.78 is 11.6. The van der Waals surface area contributed by atoms with Crippen LogP contribution in [-0.4, -0.2) is 23.9 Å². The molecular formula is C16H22O3. The highest BCUT2D eigenvalue weighted by Gasteiger charge is 2.33. The van der Waals surface area contributed by atoms with Crippen LogP contribution in [0.15, 0.2) is 24.3 Å². The molecule has 19 heavy (non-hydrogen) atoms. The van der Waals surface area contributed by atoms with Gasteiger partial charge in [-0.2, -0.15) is 0 Å². The van der Waals surface area contributed by atoms with Crippen molar-refractivity contribution in [2.75, 3.05) is 6.61 Å². The summed E-state index contributed by atoms with van der Waals surface area (Å²) >= 11 is 0. The van der Waals surface area contributed by atoms with E-state index in [1.165, 1.54) is 25.7 Å². The van der Waals surface area contributed by atoms with Crippen LogP contribution in [0.5, 0.6) is 11.5 Å². The Morgan fingerprint density at radius 1 is 1.00 bits per heavy atom. The highest BCUT2D eigenvalue weighted by Crippen LogP contribution is 2.34. The molecule has 3 heteroatoms. The highest BCUT2D eigenvalue weighted by atomic mass is 16.6. The number of fused-ring (bicyclic) bond motifs is 1. The van der Waals surface area contributed by atoms with Gasteiger partial charge in [-0.1, -0.05) is 37.8 Å². The van der Waals surface area contributed by atoms with E-state index in [9.17, 15) is 5.11 Å². The Labute approximate surface area is 114 Å². The lowest BCUT2D eigenvalue weighted by Gasteiger charge is -2.33. The van der Waals surface area contributed by atoms with Crippen LogP contribution in [0.2, 0.25) is 0 Å². The van der Waals surface area contributed by atoms with Crippen molar-refractivity contribution in [1.82, 2.24) is 0 Å². The predicted molar refractivity (Wildman–Crippen MR) is 73.6 cm³/mol. The van der Waals surface area contributed by atoms with Gasteiger partial charge >= 0.3 is 0 Å². The molecule has 104 valence electrons. The second kappa shape index (κ2) is 5.83. The first-order valence-electron chi connectivity index (χ1n) is 7.41. The minimum Gasteiger partial charge on any atom is -0.486 e. The summed E-state index contributed by atoms with van der Waals surface area (Å²) in [7, 11) is 0. The molecule has 1 aromatic rings. The number of aliphatic hydroxyl groups is 1. The van der Waals surface area contributed by atoms with E-state index in [1.807, 2.05) is 24.3 Å². The van der Waals surface area contributed by atoms with Crippen molar-refractivity contribution < 1.29 is 14.6 Å². The van der Waals surface area contributed by atoms with Gasteiger partial charge < -0.3 is 14.6 Å². The van der Waals surface area contributed by atoms with Crippen molar-refractivity contribution in [2.24, 2.45) is 5.92 Å². The van der Waals surface area contributed by atoms with E-state index in [0.717, 1.165) is 24.3 Å². The van der Waals surface area contributed by atoms with Gasteiger partial charge in [0.2, 0.25) is 0 Å². The maximum absolute atomic E-state index is 10.5. The Bertz CT molecular complexity index is 410. The van der Waals surface area contributed by atoms with Gasteiger partial charge in [0.25, 0.3) is 0 Å². The molecule has 2 unspecified atom stereocenters. The first-order valence-corrected chi connectivity index (χ1v) is 7.41. The van der Waals surface area contributed by atoms with E-state index in [2.05, 4.69) is 0 Å². The standard InChI is InChI=1S/C16H22O3/c17-16(12-7-3-1-2-4-8-12)15-11-18-13-9-5-6-10-14(13)19-15/h5-6,9-10,12,15-17H,1-4,7-8,11H2. The van der Waals surface area contributed by atoms with E-state index in [1.54, 1.807) is 0 Å². The number of aliphatic hydroxyl groups excluding tert-OH is 1. The van der Waals surface area contributed by atoms with Gasteiger partial charge in [0, 0.05) is 0 Å². The third-order valence-corrected chi connectivity index (χ3v) is 4.29. The third kappa shape index (κ3) is 2.86. The Morgan fingerprint density at radius 2 is 1.68 bits per heavy atom. The average molecular weight is 262 g/mol. The largest absolute Gasteiger partial charge is 0.486 e. The summed E-state index contributed by atoms with van der Waals surface area (Å²) in [5, 5.41) is 10.5. The van der Waals surface area contributed by atoms with Crippen LogP contribution in [0, 0.1) is 5.92 Å². The number of ether oxygens (including phenoxy) is 2.